The topological polar surface area (TPSA) is 61.4 Å². The molecule has 0 aliphatic carbocycles. The van der Waals surface area contributed by atoms with Crippen molar-refractivity contribution >= 4 is 23.3 Å². The lowest BCUT2D eigenvalue weighted by atomic mass is 10.0. The summed E-state index contributed by atoms with van der Waals surface area (Å²) in [5, 5.41) is 7.18. The first-order valence-electron chi connectivity index (χ1n) is 7.35. The Kier molecular flexibility index (Phi) is 5.36. The van der Waals surface area contributed by atoms with Gasteiger partial charge in [0.25, 0.3) is 0 Å². The smallest absolute Gasteiger partial charge is 0.321 e. The number of carbonyl (C=O) groups is 2. The summed E-state index contributed by atoms with van der Waals surface area (Å²) in [4.78, 5) is 27.1. The van der Waals surface area contributed by atoms with Crippen molar-refractivity contribution in [1.82, 2.24) is 15.5 Å². The van der Waals surface area contributed by atoms with E-state index in [1.165, 1.54) is 10.4 Å². The summed E-state index contributed by atoms with van der Waals surface area (Å²) in [6, 6.07) is 1.95. The number of amides is 3. The molecule has 2 N–H and O–H groups in total. The largest absolute Gasteiger partial charge is 0.338 e. The monoisotopic (exact) mass is 309 g/mol. The van der Waals surface area contributed by atoms with Gasteiger partial charge in [-0.05, 0) is 36.3 Å². The van der Waals surface area contributed by atoms with Crippen LogP contribution in [-0.2, 0) is 11.2 Å². The SMILES string of the molecule is CC(C)CNC(=O)NC(=O)CN1CCc2sccc2[C@@H]1C. The highest BCUT2D eigenvalue weighted by atomic mass is 32.1. The molecule has 0 saturated heterocycles. The lowest BCUT2D eigenvalue weighted by Gasteiger charge is -2.32. The van der Waals surface area contributed by atoms with E-state index in [1.807, 2.05) is 13.8 Å². The number of nitrogens with one attached hydrogen (secondary N) is 2. The van der Waals surface area contributed by atoms with Gasteiger partial charge in [-0.3, -0.25) is 15.0 Å². The van der Waals surface area contributed by atoms with Gasteiger partial charge < -0.3 is 5.32 Å². The first kappa shape index (κ1) is 16.0. The molecule has 2 heterocycles. The number of urea groups is 1. The summed E-state index contributed by atoms with van der Waals surface area (Å²) in [7, 11) is 0. The fourth-order valence-corrected chi connectivity index (χ4v) is 3.43. The van der Waals surface area contributed by atoms with Crippen molar-refractivity contribution in [2.24, 2.45) is 5.92 Å². The third kappa shape index (κ3) is 4.28. The quantitative estimate of drug-likeness (QED) is 0.896. The van der Waals surface area contributed by atoms with Gasteiger partial charge in [-0.15, -0.1) is 11.3 Å². The molecule has 1 aromatic heterocycles. The van der Waals surface area contributed by atoms with Crippen molar-refractivity contribution < 1.29 is 9.59 Å². The van der Waals surface area contributed by atoms with Crippen LogP contribution < -0.4 is 10.6 Å². The summed E-state index contributed by atoms with van der Waals surface area (Å²) in [5.41, 5.74) is 1.31. The summed E-state index contributed by atoms with van der Waals surface area (Å²) in [6.45, 7) is 7.81. The van der Waals surface area contributed by atoms with E-state index >= 15 is 0 Å². The Labute approximate surface area is 129 Å². The molecular formula is C15H23N3O2S. The van der Waals surface area contributed by atoms with E-state index in [0.29, 0.717) is 12.5 Å². The maximum Gasteiger partial charge on any atom is 0.321 e. The summed E-state index contributed by atoms with van der Waals surface area (Å²) >= 11 is 1.78. The van der Waals surface area contributed by atoms with Gasteiger partial charge in [-0.1, -0.05) is 13.8 Å². The second kappa shape index (κ2) is 7.04. The van der Waals surface area contributed by atoms with Gasteiger partial charge in [0.2, 0.25) is 5.91 Å². The van der Waals surface area contributed by atoms with Gasteiger partial charge in [-0.25, -0.2) is 4.79 Å². The van der Waals surface area contributed by atoms with Crippen LogP contribution in [0.1, 0.15) is 37.3 Å². The molecule has 0 saturated carbocycles. The van der Waals surface area contributed by atoms with Crippen molar-refractivity contribution in [3.05, 3.63) is 21.9 Å². The third-order valence-electron chi connectivity index (χ3n) is 3.67. The van der Waals surface area contributed by atoms with E-state index in [4.69, 9.17) is 0 Å². The van der Waals surface area contributed by atoms with E-state index in [1.54, 1.807) is 11.3 Å². The minimum absolute atomic E-state index is 0.226. The van der Waals surface area contributed by atoms with E-state index < -0.39 is 6.03 Å². The van der Waals surface area contributed by atoms with Crippen LogP contribution in [0, 0.1) is 5.92 Å². The van der Waals surface area contributed by atoms with Crippen LogP contribution in [0.4, 0.5) is 4.79 Å². The molecule has 5 nitrogen and oxygen atoms in total. The highest BCUT2D eigenvalue weighted by molar-refractivity contribution is 7.10. The van der Waals surface area contributed by atoms with E-state index in [-0.39, 0.29) is 18.5 Å². The number of hydrogen-bond acceptors (Lipinski definition) is 4. The van der Waals surface area contributed by atoms with Crippen LogP contribution >= 0.6 is 11.3 Å². The van der Waals surface area contributed by atoms with Crippen molar-refractivity contribution in [3.63, 3.8) is 0 Å². The molecule has 1 aliphatic rings. The number of fused-ring (bicyclic) bond motifs is 1. The molecule has 1 aliphatic heterocycles. The average Bonchev–Trinajstić information content (AvgIpc) is 2.89. The van der Waals surface area contributed by atoms with E-state index in [0.717, 1.165) is 13.0 Å². The Morgan fingerprint density at radius 1 is 1.48 bits per heavy atom. The van der Waals surface area contributed by atoms with Crippen LogP contribution in [0.15, 0.2) is 11.4 Å². The van der Waals surface area contributed by atoms with Crippen LogP contribution in [0.3, 0.4) is 0 Å². The molecule has 21 heavy (non-hydrogen) atoms. The molecule has 2 rings (SSSR count). The first-order chi connectivity index (χ1) is 9.97. The molecule has 6 heteroatoms. The molecule has 3 amide bonds. The fraction of sp³-hybridized carbons (Fsp3) is 0.600. The first-order valence-corrected chi connectivity index (χ1v) is 8.23. The Morgan fingerprint density at radius 2 is 2.24 bits per heavy atom. The summed E-state index contributed by atoms with van der Waals surface area (Å²) in [5.74, 6) is 0.117. The minimum Gasteiger partial charge on any atom is -0.338 e. The zero-order chi connectivity index (χ0) is 15.4. The lowest BCUT2D eigenvalue weighted by molar-refractivity contribution is -0.121. The number of rotatable bonds is 4. The average molecular weight is 309 g/mol. The highest BCUT2D eigenvalue weighted by Crippen LogP contribution is 2.32. The van der Waals surface area contributed by atoms with Crippen LogP contribution in [0.25, 0.3) is 0 Å². The fourth-order valence-electron chi connectivity index (χ4n) is 2.47. The second-order valence-corrected chi connectivity index (χ2v) is 6.85. The predicted octanol–water partition coefficient (Wildman–Crippen LogP) is 2.15. The van der Waals surface area contributed by atoms with Crippen molar-refractivity contribution in [2.45, 2.75) is 33.2 Å². The number of nitrogens with zero attached hydrogens (tertiary/aromatic N) is 1. The molecule has 0 aromatic carbocycles. The third-order valence-corrected chi connectivity index (χ3v) is 4.67. The zero-order valence-electron chi connectivity index (χ0n) is 12.8. The van der Waals surface area contributed by atoms with Crippen molar-refractivity contribution in [2.75, 3.05) is 19.6 Å². The molecule has 0 fully saturated rings. The lowest BCUT2D eigenvalue weighted by Crippen LogP contribution is -2.46. The van der Waals surface area contributed by atoms with Gasteiger partial charge in [0, 0.05) is 24.0 Å². The van der Waals surface area contributed by atoms with Gasteiger partial charge in [0.1, 0.15) is 0 Å². The van der Waals surface area contributed by atoms with Gasteiger partial charge in [0.05, 0.1) is 6.54 Å². The maximum absolute atomic E-state index is 12.0. The molecule has 0 spiro atoms. The molecule has 116 valence electrons. The maximum atomic E-state index is 12.0. The van der Waals surface area contributed by atoms with Gasteiger partial charge >= 0.3 is 6.03 Å². The molecule has 1 aromatic rings. The number of imide groups is 1. The Hall–Kier alpha value is -1.40. The second-order valence-electron chi connectivity index (χ2n) is 5.85. The Bertz CT molecular complexity index is 513. The number of carbonyl (C=O) groups excluding carboxylic acids is 2. The predicted molar refractivity (Wildman–Crippen MR) is 84.4 cm³/mol. The zero-order valence-corrected chi connectivity index (χ0v) is 13.6. The standard InChI is InChI=1S/C15H23N3O2S/c1-10(2)8-16-15(20)17-14(19)9-18-6-4-13-12(11(18)3)5-7-21-13/h5,7,10-11H,4,6,8-9H2,1-3H3,(H2,16,17,19,20)/t11-/m0/s1. The van der Waals surface area contributed by atoms with Gasteiger partial charge in [0.15, 0.2) is 0 Å². The van der Waals surface area contributed by atoms with Crippen molar-refractivity contribution in [1.29, 1.82) is 0 Å². The molecule has 0 unspecified atom stereocenters. The number of thiophene rings is 1. The minimum atomic E-state index is -0.408. The van der Waals surface area contributed by atoms with Crippen LogP contribution in [0.2, 0.25) is 0 Å². The van der Waals surface area contributed by atoms with Crippen molar-refractivity contribution in [3.8, 4) is 0 Å². The van der Waals surface area contributed by atoms with Crippen LogP contribution in [-0.4, -0.2) is 36.5 Å². The number of hydrogen-bond donors (Lipinski definition) is 2. The normalized spacial score (nSPS) is 18.4. The Morgan fingerprint density at radius 3 is 2.95 bits per heavy atom. The van der Waals surface area contributed by atoms with E-state index in [9.17, 15) is 9.59 Å². The van der Waals surface area contributed by atoms with E-state index in [2.05, 4.69) is 33.9 Å². The Balaban J connectivity index is 1.82. The molecule has 0 bridgehead atoms. The molecule has 1 atom stereocenters. The molecule has 0 radical (unpaired) electrons. The molecular weight excluding hydrogens is 286 g/mol. The summed E-state index contributed by atoms with van der Waals surface area (Å²) < 4.78 is 0. The highest BCUT2D eigenvalue weighted by Gasteiger charge is 2.26. The summed E-state index contributed by atoms with van der Waals surface area (Å²) in [6.07, 6.45) is 0.976. The van der Waals surface area contributed by atoms with Crippen LogP contribution in [0.5, 0.6) is 0 Å². The van der Waals surface area contributed by atoms with Gasteiger partial charge in [-0.2, -0.15) is 0 Å².